The Morgan fingerprint density at radius 2 is 2.04 bits per heavy atom. The zero-order chi connectivity index (χ0) is 16.4. The van der Waals surface area contributed by atoms with Gasteiger partial charge in [-0.15, -0.1) is 0 Å². The number of aromatic hydroxyl groups is 1. The summed E-state index contributed by atoms with van der Waals surface area (Å²) >= 11 is 0. The van der Waals surface area contributed by atoms with Crippen molar-refractivity contribution in [2.45, 2.75) is 12.5 Å². The van der Waals surface area contributed by atoms with Crippen molar-refractivity contribution in [3.05, 3.63) is 65.7 Å². The van der Waals surface area contributed by atoms with Crippen LogP contribution in [0.25, 0.3) is 10.8 Å². The van der Waals surface area contributed by atoms with Gasteiger partial charge in [-0.05, 0) is 34.5 Å². The lowest BCUT2D eigenvalue weighted by molar-refractivity contribution is 0.168. The van der Waals surface area contributed by atoms with Crippen LogP contribution in [0.1, 0.15) is 18.1 Å². The molecule has 0 fully saturated rings. The molecule has 0 radical (unpaired) electrons. The van der Waals surface area contributed by atoms with E-state index in [1.165, 1.54) is 0 Å². The van der Waals surface area contributed by atoms with Crippen LogP contribution in [0.2, 0.25) is 0 Å². The number of benzene rings is 2. The normalized spacial score (nSPS) is 18.1. The maximum atomic E-state index is 10.3. The SMILES string of the molecule is C=C(COC)C1=CCC(c2ccc(O)c3ccccc23)OB1O. The van der Waals surface area contributed by atoms with E-state index < -0.39 is 7.12 Å². The molecule has 0 saturated carbocycles. The first-order valence-corrected chi connectivity index (χ1v) is 7.53. The second-order valence-corrected chi connectivity index (χ2v) is 5.63. The fourth-order valence-electron chi connectivity index (χ4n) is 2.98. The van der Waals surface area contributed by atoms with Crippen molar-refractivity contribution in [1.29, 1.82) is 0 Å². The summed E-state index contributed by atoms with van der Waals surface area (Å²) < 4.78 is 10.8. The Bertz CT molecular complexity index is 769. The first-order valence-electron chi connectivity index (χ1n) is 7.53. The lowest BCUT2D eigenvalue weighted by Crippen LogP contribution is -2.29. The van der Waals surface area contributed by atoms with Crippen LogP contribution in [0.15, 0.2) is 60.1 Å². The molecule has 4 nitrogen and oxygen atoms in total. The van der Waals surface area contributed by atoms with Gasteiger partial charge in [0.2, 0.25) is 0 Å². The average molecular weight is 310 g/mol. The highest BCUT2D eigenvalue weighted by molar-refractivity contribution is 6.54. The van der Waals surface area contributed by atoms with Crippen LogP contribution in [0.4, 0.5) is 0 Å². The van der Waals surface area contributed by atoms with Crippen molar-refractivity contribution in [1.82, 2.24) is 0 Å². The quantitative estimate of drug-likeness (QED) is 0.852. The highest BCUT2D eigenvalue weighted by Crippen LogP contribution is 2.37. The van der Waals surface area contributed by atoms with E-state index in [1.807, 2.05) is 36.4 Å². The molecule has 0 aromatic heterocycles. The molecular formula is C18H19BO4. The van der Waals surface area contributed by atoms with Gasteiger partial charge in [0.05, 0.1) is 12.7 Å². The smallest absolute Gasteiger partial charge is 0.491 e. The fraction of sp³-hybridized carbons (Fsp3) is 0.222. The van der Waals surface area contributed by atoms with E-state index in [0.717, 1.165) is 16.3 Å². The van der Waals surface area contributed by atoms with E-state index in [1.54, 1.807) is 13.2 Å². The molecule has 3 rings (SSSR count). The molecule has 1 aliphatic rings. The molecule has 0 amide bonds. The largest absolute Gasteiger partial charge is 0.507 e. The molecular weight excluding hydrogens is 291 g/mol. The summed E-state index contributed by atoms with van der Waals surface area (Å²) in [6.07, 6.45) is 2.31. The second-order valence-electron chi connectivity index (χ2n) is 5.63. The summed E-state index contributed by atoms with van der Waals surface area (Å²) in [4.78, 5) is 0. The van der Waals surface area contributed by atoms with E-state index in [-0.39, 0.29) is 11.9 Å². The van der Waals surface area contributed by atoms with Crippen LogP contribution in [0.5, 0.6) is 5.75 Å². The number of ether oxygens (including phenoxy) is 1. The third-order valence-electron chi connectivity index (χ3n) is 4.12. The summed E-state index contributed by atoms with van der Waals surface area (Å²) in [6, 6.07) is 11.1. The Morgan fingerprint density at radius 3 is 2.74 bits per heavy atom. The van der Waals surface area contributed by atoms with Gasteiger partial charge in [0.15, 0.2) is 0 Å². The minimum absolute atomic E-state index is 0.241. The molecule has 0 aliphatic carbocycles. The molecule has 5 heteroatoms. The Hall–Kier alpha value is -2.08. The zero-order valence-electron chi connectivity index (χ0n) is 13.0. The van der Waals surface area contributed by atoms with E-state index in [2.05, 4.69) is 6.58 Å². The van der Waals surface area contributed by atoms with Crippen molar-refractivity contribution in [2.24, 2.45) is 0 Å². The van der Waals surface area contributed by atoms with Gasteiger partial charge in [0, 0.05) is 12.5 Å². The molecule has 1 unspecified atom stereocenters. The minimum atomic E-state index is -1.02. The van der Waals surface area contributed by atoms with Crippen LogP contribution in [0, 0.1) is 0 Å². The monoisotopic (exact) mass is 310 g/mol. The van der Waals surface area contributed by atoms with Crippen LogP contribution >= 0.6 is 0 Å². The van der Waals surface area contributed by atoms with Crippen LogP contribution < -0.4 is 0 Å². The van der Waals surface area contributed by atoms with Gasteiger partial charge < -0.3 is 19.5 Å². The van der Waals surface area contributed by atoms with Gasteiger partial charge in [-0.1, -0.05) is 43.0 Å². The Labute approximate surface area is 135 Å². The highest BCUT2D eigenvalue weighted by Gasteiger charge is 2.31. The first kappa shape index (κ1) is 15.8. The lowest BCUT2D eigenvalue weighted by Gasteiger charge is -2.27. The van der Waals surface area contributed by atoms with Crippen molar-refractivity contribution < 1.29 is 19.5 Å². The predicted octanol–water partition coefficient (Wildman–Crippen LogP) is 3.16. The topological polar surface area (TPSA) is 58.9 Å². The van der Waals surface area contributed by atoms with Gasteiger partial charge in [0.1, 0.15) is 5.75 Å². The van der Waals surface area contributed by atoms with E-state index >= 15 is 0 Å². The molecule has 2 aromatic carbocycles. The number of hydrogen-bond acceptors (Lipinski definition) is 4. The zero-order valence-corrected chi connectivity index (χ0v) is 13.0. The van der Waals surface area contributed by atoms with E-state index in [9.17, 15) is 10.1 Å². The summed E-state index contributed by atoms with van der Waals surface area (Å²) in [6.45, 7) is 4.27. The average Bonchev–Trinajstić information content (AvgIpc) is 2.55. The van der Waals surface area contributed by atoms with Gasteiger partial charge in [-0.3, -0.25) is 0 Å². The molecule has 0 spiro atoms. The number of hydrogen-bond donors (Lipinski definition) is 2. The lowest BCUT2D eigenvalue weighted by atomic mass is 9.71. The Kier molecular flexibility index (Phi) is 4.52. The van der Waals surface area contributed by atoms with Crippen LogP contribution in [-0.4, -0.2) is 31.0 Å². The molecule has 0 saturated heterocycles. The van der Waals surface area contributed by atoms with Gasteiger partial charge in [0.25, 0.3) is 0 Å². The summed E-state index contributed by atoms with van der Waals surface area (Å²) in [5, 5.41) is 22.0. The van der Waals surface area contributed by atoms with Crippen molar-refractivity contribution >= 4 is 17.9 Å². The standard InChI is InChI=1S/C18H19BO4/c1-12(11-22-2)16-8-10-18(23-19(16)21)15-7-9-17(20)14-6-4-3-5-13(14)15/h3-9,18,20-21H,1,10-11H2,2H3. The van der Waals surface area contributed by atoms with E-state index in [4.69, 9.17) is 9.39 Å². The maximum Gasteiger partial charge on any atom is 0.491 e. The van der Waals surface area contributed by atoms with Gasteiger partial charge >= 0.3 is 7.12 Å². The maximum absolute atomic E-state index is 10.3. The van der Waals surface area contributed by atoms with Crippen molar-refractivity contribution in [2.75, 3.05) is 13.7 Å². The molecule has 118 valence electrons. The van der Waals surface area contributed by atoms with Crippen molar-refractivity contribution in [3.63, 3.8) is 0 Å². The van der Waals surface area contributed by atoms with Gasteiger partial charge in [-0.25, -0.2) is 0 Å². The molecule has 1 aliphatic heterocycles. The first-order chi connectivity index (χ1) is 11.1. The number of phenolic OH excluding ortho intramolecular Hbond substituents is 1. The molecule has 2 N–H and O–H groups in total. The number of phenols is 1. The Morgan fingerprint density at radius 1 is 1.30 bits per heavy atom. The number of fused-ring (bicyclic) bond motifs is 1. The number of rotatable bonds is 4. The summed E-state index contributed by atoms with van der Waals surface area (Å²) in [7, 11) is 0.566. The fourth-order valence-corrected chi connectivity index (χ4v) is 2.98. The number of methoxy groups -OCH3 is 1. The summed E-state index contributed by atoms with van der Waals surface area (Å²) in [5.74, 6) is 0.241. The third kappa shape index (κ3) is 3.04. The predicted molar refractivity (Wildman–Crippen MR) is 91.1 cm³/mol. The Balaban J connectivity index is 1.93. The molecule has 23 heavy (non-hydrogen) atoms. The molecule has 0 bridgehead atoms. The molecule has 1 heterocycles. The van der Waals surface area contributed by atoms with Crippen LogP contribution in [0.3, 0.4) is 0 Å². The summed E-state index contributed by atoms with van der Waals surface area (Å²) in [5.41, 5.74) is 2.34. The van der Waals surface area contributed by atoms with Crippen molar-refractivity contribution in [3.8, 4) is 5.75 Å². The third-order valence-corrected chi connectivity index (χ3v) is 4.12. The van der Waals surface area contributed by atoms with E-state index in [0.29, 0.717) is 24.1 Å². The molecule has 1 atom stereocenters. The van der Waals surface area contributed by atoms with Crippen LogP contribution in [-0.2, 0) is 9.39 Å². The highest BCUT2D eigenvalue weighted by atomic mass is 16.5. The molecule has 2 aromatic rings. The minimum Gasteiger partial charge on any atom is -0.507 e. The van der Waals surface area contributed by atoms with Gasteiger partial charge in [-0.2, -0.15) is 0 Å². The second kappa shape index (κ2) is 6.58.